The Hall–Kier alpha value is -1.63. The molecule has 24 heavy (non-hydrogen) atoms. The van der Waals surface area contributed by atoms with Crippen LogP contribution in [-0.4, -0.2) is 60.5 Å². The van der Waals surface area contributed by atoms with Crippen LogP contribution in [0.3, 0.4) is 0 Å². The Morgan fingerprint density at radius 1 is 1.33 bits per heavy atom. The lowest BCUT2D eigenvalue weighted by Gasteiger charge is -2.38. The molecule has 2 amide bonds. The highest BCUT2D eigenvalue weighted by atomic mass is 16.5. The Kier molecular flexibility index (Phi) is 7.02. The fourth-order valence-electron chi connectivity index (χ4n) is 3.26. The van der Waals surface area contributed by atoms with E-state index >= 15 is 0 Å². The smallest absolute Gasteiger partial charge is 0.308 e. The summed E-state index contributed by atoms with van der Waals surface area (Å²) < 4.78 is 5.15. The van der Waals surface area contributed by atoms with E-state index in [1.807, 2.05) is 6.92 Å². The summed E-state index contributed by atoms with van der Waals surface area (Å²) in [6.07, 6.45) is 4.48. The second-order valence-corrected chi connectivity index (χ2v) is 6.67. The molecule has 2 aliphatic rings. The third-order valence-corrected chi connectivity index (χ3v) is 4.65. The molecule has 0 aromatic heterocycles. The molecule has 0 saturated carbocycles. The third-order valence-electron chi connectivity index (χ3n) is 4.65. The zero-order valence-corrected chi connectivity index (χ0v) is 14.7. The van der Waals surface area contributed by atoms with Crippen molar-refractivity contribution in [1.82, 2.24) is 15.5 Å². The van der Waals surface area contributed by atoms with Crippen LogP contribution in [0.25, 0.3) is 0 Å². The minimum absolute atomic E-state index is 0.0798. The van der Waals surface area contributed by atoms with Crippen LogP contribution in [0.4, 0.5) is 0 Å². The van der Waals surface area contributed by atoms with E-state index in [1.54, 1.807) is 4.90 Å². The number of esters is 1. The number of ether oxygens (including phenoxy) is 1. The molecule has 0 spiro atoms. The summed E-state index contributed by atoms with van der Waals surface area (Å²) in [7, 11) is 0. The molecule has 2 saturated heterocycles. The summed E-state index contributed by atoms with van der Waals surface area (Å²) in [5, 5.41) is 6.05. The zero-order valence-electron chi connectivity index (χ0n) is 14.7. The van der Waals surface area contributed by atoms with E-state index in [1.165, 1.54) is 0 Å². The maximum atomic E-state index is 12.8. The Morgan fingerprint density at radius 3 is 2.83 bits per heavy atom. The highest BCUT2D eigenvalue weighted by molar-refractivity contribution is 5.93. The Bertz CT molecular complexity index is 469. The monoisotopic (exact) mass is 339 g/mol. The topological polar surface area (TPSA) is 87.7 Å². The highest BCUT2D eigenvalue weighted by Gasteiger charge is 2.38. The number of carbonyl (C=O) groups excluding carboxylic acids is 3. The summed E-state index contributed by atoms with van der Waals surface area (Å²) in [5.74, 6) is -0.776. The standard InChI is InChI=1S/C17H29N3O4/c1-3-4-10-24-15(21)11-14-16(22)18-8-9-20(14)17(23)13-7-5-6-12(2)19-13/h12-14,19H,3-11H2,1-2H3,(H,18,22). The molecule has 0 aromatic rings. The Labute approximate surface area is 143 Å². The van der Waals surface area contributed by atoms with E-state index in [2.05, 4.69) is 17.6 Å². The van der Waals surface area contributed by atoms with Gasteiger partial charge in [-0.05, 0) is 32.6 Å². The van der Waals surface area contributed by atoms with Gasteiger partial charge >= 0.3 is 5.97 Å². The lowest BCUT2D eigenvalue weighted by atomic mass is 9.97. The average Bonchev–Trinajstić information content (AvgIpc) is 2.56. The van der Waals surface area contributed by atoms with Gasteiger partial charge in [0.15, 0.2) is 0 Å². The van der Waals surface area contributed by atoms with Crippen molar-refractivity contribution in [2.45, 2.75) is 70.5 Å². The van der Waals surface area contributed by atoms with Crippen molar-refractivity contribution in [3.8, 4) is 0 Å². The van der Waals surface area contributed by atoms with Gasteiger partial charge in [0.2, 0.25) is 11.8 Å². The van der Waals surface area contributed by atoms with Gasteiger partial charge in [0.1, 0.15) is 6.04 Å². The van der Waals surface area contributed by atoms with Gasteiger partial charge in [-0.25, -0.2) is 0 Å². The van der Waals surface area contributed by atoms with Crippen LogP contribution in [0, 0.1) is 0 Å². The molecule has 7 nitrogen and oxygen atoms in total. The molecule has 3 atom stereocenters. The number of unbranched alkanes of at least 4 members (excludes halogenated alkanes) is 1. The van der Waals surface area contributed by atoms with Gasteiger partial charge in [0.25, 0.3) is 0 Å². The molecule has 3 unspecified atom stereocenters. The molecule has 0 radical (unpaired) electrons. The predicted octanol–water partition coefficient (Wildman–Crippen LogP) is 0.577. The molecule has 7 heteroatoms. The van der Waals surface area contributed by atoms with E-state index < -0.39 is 12.0 Å². The van der Waals surface area contributed by atoms with Gasteiger partial charge in [0, 0.05) is 19.1 Å². The van der Waals surface area contributed by atoms with E-state index in [0.717, 1.165) is 32.1 Å². The van der Waals surface area contributed by atoms with Crippen LogP contribution >= 0.6 is 0 Å². The number of rotatable bonds is 6. The molecule has 136 valence electrons. The largest absolute Gasteiger partial charge is 0.466 e. The van der Waals surface area contributed by atoms with E-state index in [4.69, 9.17) is 4.74 Å². The molecule has 2 N–H and O–H groups in total. The number of nitrogens with one attached hydrogen (secondary N) is 2. The molecule has 2 aliphatic heterocycles. The minimum atomic E-state index is -0.764. The van der Waals surface area contributed by atoms with Crippen LogP contribution < -0.4 is 10.6 Å². The van der Waals surface area contributed by atoms with Crippen LogP contribution in [0.5, 0.6) is 0 Å². The van der Waals surface area contributed by atoms with Crippen LogP contribution in [-0.2, 0) is 19.1 Å². The fraction of sp³-hybridized carbons (Fsp3) is 0.824. The number of amides is 2. The van der Waals surface area contributed by atoms with E-state index in [0.29, 0.717) is 25.7 Å². The first-order valence-electron chi connectivity index (χ1n) is 9.02. The van der Waals surface area contributed by atoms with Crippen LogP contribution in [0.15, 0.2) is 0 Å². The molecule has 0 aliphatic carbocycles. The minimum Gasteiger partial charge on any atom is -0.466 e. The van der Waals surface area contributed by atoms with Crippen molar-refractivity contribution < 1.29 is 19.1 Å². The third kappa shape index (κ3) is 4.93. The van der Waals surface area contributed by atoms with Gasteiger partial charge in [0.05, 0.1) is 19.1 Å². The molecular weight excluding hydrogens is 310 g/mol. The second kappa shape index (κ2) is 9.01. The molecule has 0 aromatic carbocycles. The lowest BCUT2D eigenvalue weighted by molar-refractivity contribution is -0.152. The number of piperidine rings is 1. The molecular formula is C17H29N3O4. The Morgan fingerprint density at radius 2 is 2.12 bits per heavy atom. The average molecular weight is 339 g/mol. The van der Waals surface area contributed by atoms with Gasteiger partial charge in [-0.15, -0.1) is 0 Å². The first kappa shape index (κ1) is 18.7. The van der Waals surface area contributed by atoms with Crippen molar-refractivity contribution in [3.63, 3.8) is 0 Å². The quantitative estimate of drug-likeness (QED) is 0.546. The SMILES string of the molecule is CCCCOC(=O)CC1C(=O)NCCN1C(=O)C1CCCC(C)N1. The van der Waals surface area contributed by atoms with Gasteiger partial charge in [-0.3, -0.25) is 14.4 Å². The van der Waals surface area contributed by atoms with Crippen molar-refractivity contribution in [1.29, 1.82) is 0 Å². The number of piperazine rings is 1. The van der Waals surface area contributed by atoms with Crippen LogP contribution in [0.2, 0.25) is 0 Å². The van der Waals surface area contributed by atoms with E-state index in [9.17, 15) is 14.4 Å². The molecule has 0 bridgehead atoms. The van der Waals surface area contributed by atoms with Crippen molar-refractivity contribution in [2.24, 2.45) is 0 Å². The van der Waals surface area contributed by atoms with Crippen molar-refractivity contribution in [2.75, 3.05) is 19.7 Å². The molecule has 2 fully saturated rings. The van der Waals surface area contributed by atoms with Gasteiger partial charge in [-0.1, -0.05) is 13.3 Å². The summed E-state index contributed by atoms with van der Waals surface area (Å²) in [4.78, 5) is 38.5. The summed E-state index contributed by atoms with van der Waals surface area (Å²) >= 11 is 0. The first-order valence-corrected chi connectivity index (χ1v) is 9.02. The van der Waals surface area contributed by atoms with Crippen molar-refractivity contribution in [3.05, 3.63) is 0 Å². The predicted molar refractivity (Wildman–Crippen MR) is 89.2 cm³/mol. The molecule has 2 heterocycles. The highest BCUT2D eigenvalue weighted by Crippen LogP contribution is 2.18. The summed E-state index contributed by atoms with van der Waals surface area (Å²) in [6.45, 7) is 5.30. The number of carbonyl (C=O) groups is 3. The zero-order chi connectivity index (χ0) is 17.5. The summed E-state index contributed by atoms with van der Waals surface area (Å²) in [6, 6.07) is -0.735. The number of hydrogen-bond acceptors (Lipinski definition) is 5. The maximum absolute atomic E-state index is 12.8. The Balaban J connectivity index is 1.98. The summed E-state index contributed by atoms with van der Waals surface area (Å²) in [5.41, 5.74) is 0. The number of hydrogen-bond donors (Lipinski definition) is 2. The molecule has 2 rings (SSSR count). The normalized spacial score (nSPS) is 27.5. The first-order chi connectivity index (χ1) is 11.5. The van der Waals surface area contributed by atoms with E-state index in [-0.39, 0.29) is 24.3 Å². The van der Waals surface area contributed by atoms with Gasteiger partial charge < -0.3 is 20.3 Å². The van der Waals surface area contributed by atoms with Crippen molar-refractivity contribution >= 4 is 17.8 Å². The lowest BCUT2D eigenvalue weighted by Crippen LogP contribution is -2.62. The maximum Gasteiger partial charge on any atom is 0.308 e. The van der Waals surface area contributed by atoms with Crippen LogP contribution in [0.1, 0.15) is 52.4 Å². The second-order valence-electron chi connectivity index (χ2n) is 6.67. The fourth-order valence-corrected chi connectivity index (χ4v) is 3.26. The number of nitrogens with zero attached hydrogens (tertiary/aromatic N) is 1. The van der Waals surface area contributed by atoms with Gasteiger partial charge in [-0.2, -0.15) is 0 Å².